The lowest BCUT2D eigenvalue weighted by atomic mass is 10.1. The summed E-state index contributed by atoms with van der Waals surface area (Å²) >= 11 is 0.937. The van der Waals surface area contributed by atoms with Crippen molar-refractivity contribution in [2.75, 3.05) is 0 Å². The summed E-state index contributed by atoms with van der Waals surface area (Å²) in [5.41, 5.74) is 0.878. The third-order valence-corrected chi connectivity index (χ3v) is 5.45. The first kappa shape index (κ1) is 15.2. The lowest BCUT2D eigenvalue weighted by Gasteiger charge is -2.11. The number of benzene rings is 1. The van der Waals surface area contributed by atoms with E-state index in [1.807, 2.05) is 6.92 Å². The minimum atomic E-state index is -0.544. The Labute approximate surface area is 140 Å². The van der Waals surface area contributed by atoms with Crippen LogP contribution in [0.25, 0.3) is 15.9 Å². The molecule has 0 radical (unpaired) electrons. The summed E-state index contributed by atoms with van der Waals surface area (Å²) < 4.78 is 18.7. The van der Waals surface area contributed by atoms with Crippen LogP contribution in [0.1, 0.15) is 25.5 Å². The van der Waals surface area contributed by atoms with E-state index >= 15 is 0 Å². The summed E-state index contributed by atoms with van der Waals surface area (Å²) in [4.78, 5) is 24.7. The molecule has 0 unspecified atom stereocenters. The number of imidazole rings is 1. The van der Waals surface area contributed by atoms with E-state index in [1.165, 1.54) is 21.3 Å². The quantitative estimate of drug-likeness (QED) is 0.771. The maximum atomic E-state index is 14.1. The molecule has 1 aromatic carbocycles. The lowest BCUT2D eigenvalue weighted by molar-refractivity contribution is 0.425. The molecule has 0 atom stereocenters. The van der Waals surface area contributed by atoms with Gasteiger partial charge in [0.2, 0.25) is 5.88 Å². The molecule has 1 aliphatic rings. The molecule has 126 valence electrons. The monoisotopic (exact) mass is 349 g/mol. The van der Waals surface area contributed by atoms with E-state index in [9.17, 15) is 19.1 Å². The van der Waals surface area contributed by atoms with Gasteiger partial charge >= 0.3 is 10.6 Å². The number of aromatic nitrogens is 3. The van der Waals surface area contributed by atoms with Crippen LogP contribution in [0.15, 0.2) is 21.7 Å². The number of aryl methyl sites for hydroxylation is 1. The fourth-order valence-corrected chi connectivity index (χ4v) is 4.44. The van der Waals surface area contributed by atoms with Crippen LogP contribution in [0.3, 0.4) is 0 Å². The van der Waals surface area contributed by atoms with Crippen LogP contribution in [-0.4, -0.2) is 18.8 Å². The Bertz CT molecular complexity index is 1070. The van der Waals surface area contributed by atoms with Crippen molar-refractivity contribution in [3.63, 3.8) is 0 Å². The van der Waals surface area contributed by atoms with Gasteiger partial charge in [-0.2, -0.15) is 0 Å². The van der Waals surface area contributed by atoms with Gasteiger partial charge in [-0.3, -0.25) is 13.9 Å². The Kier molecular flexibility index (Phi) is 3.38. The maximum absolute atomic E-state index is 14.1. The highest BCUT2D eigenvalue weighted by atomic mass is 32.1. The van der Waals surface area contributed by atoms with Crippen molar-refractivity contribution in [2.24, 2.45) is 0 Å². The minimum absolute atomic E-state index is 0.159. The Morgan fingerprint density at radius 1 is 1.29 bits per heavy atom. The van der Waals surface area contributed by atoms with Gasteiger partial charge in [-0.15, -0.1) is 0 Å². The molecule has 24 heavy (non-hydrogen) atoms. The first-order valence-corrected chi connectivity index (χ1v) is 8.71. The summed E-state index contributed by atoms with van der Waals surface area (Å²) in [6, 6.07) is 2.49. The van der Waals surface area contributed by atoms with Gasteiger partial charge in [-0.05, 0) is 32.3 Å². The van der Waals surface area contributed by atoms with Crippen LogP contribution in [0.2, 0.25) is 0 Å². The van der Waals surface area contributed by atoms with E-state index in [0.717, 1.165) is 28.7 Å². The number of thiazole rings is 1. The summed E-state index contributed by atoms with van der Waals surface area (Å²) in [7, 11) is 0. The smallest absolute Gasteiger partial charge is 0.336 e. The van der Waals surface area contributed by atoms with Gasteiger partial charge in [-0.25, -0.2) is 13.8 Å². The van der Waals surface area contributed by atoms with E-state index in [4.69, 9.17) is 0 Å². The van der Waals surface area contributed by atoms with Gasteiger partial charge in [0.05, 0.1) is 21.6 Å². The first-order valence-electron chi connectivity index (χ1n) is 7.89. The molecule has 0 fully saturated rings. The number of fused-ring (bicyclic) bond motifs is 2. The highest BCUT2D eigenvalue weighted by Gasteiger charge is 2.25. The van der Waals surface area contributed by atoms with Gasteiger partial charge in [0.15, 0.2) is 0 Å². The molecule has 1 N–H and O–H groups in total. The molecule has 3 heterocycles. The van der Waals surface area contributed by atoms with Crippen molar-refractivity contribution in [3.8, 4) is 11.6 Å². The third kappa shape index (κ3) is 1.99. The van der Waals surface area contributed by atoms with Crippen molar-refractivity contribution in [3.05, 3.63) is 43.8 Å². The summed E-state index contributed by atoms with van der Waals surface area (Å²) in [6.07, 6.45) is 2.37. The predicted octanol–water partition coefficient (Wildman–Crippen LogP) is 2.22. The highest BCUT2D eigenvalue weighted by molar-refractivity contribution is 7.16. The number of hydrogen-bond donors (Lipinski definition) is 1. The van der Waals surface area contributed by atoms with Crippen LogP contribution in [0, 0.1) is 5.82 Å². The summed E-state index contributed by atoms with van der Waals surface area (Å²) in [5, 5.41) is 10.6. The van der Waals surface area contributed by atoms with Crippen LogP contribution < -0.4 is 10.6 Å². The molecule has 4 rings (SSSR count). The molecule has 3 aromatic rings. The SMILES string of the molecule is CCn1c(=O)sc2cc(F)cc(-n3c(O)c4n(c3=O)CCCC4)c21. The summed E-state index contributed by atoms with van der Waals surface area (Å²) in [5.74, 6) is -0.703. The molecule has 6 nitrogen and oxygen atoms in total. The normalized spacial score (nSPS) is 14.2. The van der Waals surface area contributed by atoms with Gasteiger partial charge in [0, 0.05) is 19.2 Å². The zero-order valence-corrected chi connectivity index (χ0v) is 13.9. The standard InChI is InChI=1S/C16H16FN3O3S/c1-2-18-13-11(7-9(17)8-12(13)24-16(18)23)20-14(21)10-5-3-4-6-19(10)15(20)22/h7-8,21H,2-6H2,1H3. The zero-order chi connectivity index (χ0) is 17.0. The van der Waals surface area contributed by atoms with Gasteiger partial charge < -0.3 is 5.11 Å². The van der Waals surface area contributed by atoms with Gasteiger partial charge in [0.25, 0.3) is 0 Å². The zero-order valence-electron chi connectivity index (χ0n) is 13.1. The van der Waals surface area contributed by atoms with E-state index < -0.39 is 11.5 Å². The van der Waals surface area contributed by atoms with Crippen molar-refractivity contribution < 1.29 is 9.50 Å². The average Bonchev–Trinajstić information content (AvgIpc) is 3.01. The van der Waals surface area contributed by atoms with Gasteiger partial charge in [-0.1, -0.05) is 11.3 Å². The Morgan fingerprint density at radius 2 is 2.08 bits per heavy atom. The van der Waals surface area contributed by atoms with E-state index in [0.29, 0.717) is 35.4 Å². The fraction of sp³-hybridized carbons (Fsp3) is 0.375. The fourth-order valence-electron chi connectivity index (χ4n) is 3.44. The minimum Gasteiger partial charge on any atom is -0.493 e. The molecule has 0 saturated heterocycles. The lowest BCUT2D eigenvalue weighted by Crippen LogP contribution is -2.26. The molecule has 0 amide bonds. The summed E-state index contributed by atoms with van der Waals surface area (Å²) in [6.45, 7) is 2.76. The van der Waals surface area contributed by atoms with Crippen LogP contribution >= 0.6 is 11.3 Å². The predicted molar refractivity (Wildman–Crippen MR) is 89.9 cm³/mol. The van der Waals surface area contributed by atoms with Crippen molar-refractivity contribution in [2.45, 2.75) is 39.3 Å². The van der Waals surface area contributed by atoms with Crippen LogP contribution in [-0.2, 0) is 19.5 Å². The maximum Gasteiger partial charge on any atom is 0.336 e. The molecule has 8 heteroatoms. The van der Waals surface area contributed by atoms with Crippen molar-refractivity contribution in [1.29, 1.82) is 0 Å². The molecule has 0 saturated carbocycles. The molecule has 0 aliphatic carbocycles. The van der Waals surface area contributed by atoms with Gasteiger partial charge in [0.1, 0.15) is 5.82 Å². The molecule has 0 spiro atoms. The van der Waals surface area contributed by atoms with Crippen molar-refractivity contribution >= 4 is 21.6 Å². The Balaban J connectivity index is 2.13. The number of halogens is 1. The molecular formula is C16H16FN3O3S. The largest absolute Gasteiger partial charge is 0.493 e. The Morgan fingerprint density at radius 3 is 2.79 bits per heavy atom. The van der Waals surface area contributed by atoms with Crippen molar-refractivity contribution in [1.82, 2.24) is 13.7 Å². The number of rotatable bonds is 2. The molecular weight excluding hydrogens is 333 g/mol. The molecule has 2 aromatic heterocycles. The molecule has 1 aliphatic heterocycles. The third-order valence-electron chi connectivity index (χ3n) is 4.53. The van der Waals surface area contributed by atoms with E-state index in [2.05, 4.69) is 0 Å². The highest BCUT2D eigenvalue weighted by Crippen LogP contribution is 2.31. The average molecular weight is 349 g/mol. The first-order chi connectivity index (χ1) is 11.5. The Hall–Kier alpha value is -2.35. The number of nitrogens with zero attached hydrogens (tertiary/aromatic N) is 3. The number of aromatic hydroxyl groups is 1. The topological polar surface area (TPSA) is 69.2 Å². The van der Waals surface area contributed by atoms with E-state index in [1.54, 1.807) is 0 Å². The molecule has 0 bridgehead atoms. The second kappa shape index (κ2) is 5.34. The second-order valence-electron chi connectivity index (χ2n) is 5.88. The van der Waals surface area contributed by atoms with E-state index in [-0.39, 0.29) is 16.4 Å². The van der Waals surface area contributed by atoms with Crippen LogP contribution in [0.4, 0.5) is 4.39 Å². The van der Waals surface area contributed by atoms with Crippen LogP contribution in [0.5, 0.6) is 5.88 Å². The second-order valence-corrected chi connectivity index (χ2v) is 6.87. The number of hydrogen-bond acceptors (Lipinski definition) is 4.